The second kappa shape index (κ2) is 6.42. The maximum Gasteiger partial charge on any atom is 0.414 e. The Bertz CT molecular complexity index is 571. The van der Waals surface area contributed by atoms with E-state index in [2.05, 4.69) is 23.5 Å². The average molecular weight is 316 g/mol. The molecule has 4 heteroatoms. The molecule has 4 nitrogen and oxygen atoms in total. The molecule has 0 radical (unpaired) electrons. The van der Waals surface area contributed by atoms with Crippen molar-refractivity contribution < 1.29 is 9.53 Å². The fourth-order valence-corrected chi connectivity index (χ4v) is 3.48. The van der Waals surface area contributed by atoms with Gasteiger partial charge in [0.1, 0.15) is 5.60 Å². The SMILES string of the molecule is CC(C)(C)OC(=O)N1CCCc2ccc(NC3CCCC3)cc21. The third kappa shape index (κ3) is 3.98. The van der Waals surface area contributed by atoms with Gasteiger partial charge in [-0.05, 0) is 64.2 Å². The Morgan fingerprint density at radius 2 is 1.96 bits per heavy atom. The maximum atomic E-state index is 12.5. The van der Waals surface area contributed by atoms with Gasteiger partial charge < -0.3 is 10.1 Å². The van der Waals surface area contributed by atoms with Crippen LogP contribution in [0, 0.1) is 0 Å². The largest absolute Gasteiger partial charge is 0.443 e. The van der Waals surface area contributed by atoms with Gasteiger partial charge in [0.2, 0.25) is 0 Å². The number of rotatable bonds is 2. The molecule has 1 aliphatic heterocycles. The number of aryl methyl sites for hydroxylation is 1. The molecule has 1 heterocycles. The predicted octanol–water partition coefficient (Wildman–Crippen LogP) is 4.73. The van der Waals surface area contributed by atoms with Crippen LogP contribution in [-0.4, -0.2) is 24.3 Å². The number of hydrogen-bond donors (Lipinski definition) is 1. The summed E-state index contributed by atoms with van der Waals surface area (Å²) < 4.78 is 5.57. The van der Waals surface area contributed by atoms with Crippen LogP contribution in [0.1, 0.15) is 58.4 Å². The van der Waals surface area contributed by atoms with Crippen LogP contribution in [0.25, 0.3) is 0 Å². The minimum Gasteiger partial charge on any atom is -0.443 e. The van der Waals surface area contributed by atoms with Gasteiger partial charge >= 0.3 is 6.09 Å². The first-order valence-electron chi connectivity index (χ1n) is 8.82. The highest BCUT2D eigenvalue weighted by Crippen LogP contribution is 2.32. The highest BCUT2D eigenvalue weighted by molar-refractivity contribution is 5.90. The Labute approximate surface area is 139 Å². The van der Waals surface area contributed by atoms with Crippen molar-refractivity contribution in [2.24, 2.45) is 0 Å². The minimum absolute atomic E-state index is 0.239. The summed E-state index contributed by atoms with van der Waals surface area (Å²) in [6.45, 7) is 6.46. The first-order valence-corrected chi connectivity index (χ1v) is 8.82. The van der Waals surface area contributed by atoms with Crippen LogP contribution >= 0.6 is 0 Å². The van der Waals surface area contributed by atoms with Crippen LogP contribution in [-0.2, 0) is 11.2 Å². The van der Waals surface area contributed by atoms with Crippen LogP contribution in [0.15, 0.2) is 18.2 Å². The van der Waals surface area contributed by atoms with Gasteiger partial charge in [-0.3, -0.25) is 4.90 Å². The number of hydrogen-bond acceptors (Lipinski definition) is 3. The van der Waals surface area contributed by atoms with Crippen molar-refractivity contribution in [2.75, 3.05) is 16.8 Å². The number of carbonyl (C=O) groups excluding carboxylic acids is 1. The molecule has 3 rings (SSSR count). The van der Waals surface area contributed by atoms with Crippen LogP contribution < -0.4 is 10.2 Å². The summed E-state index contributed by atoms with van der Waals surface area (Å²) in [5.74, 6) is 0. The Hall–Kier alpha value is -1.71. The smallest absolute Gasteiger partial charge is 0.414 e. The summed E-state index contributed by atoms with van der Waals surface area (Å²) in [5.41, 5.74) is 2.90. The van der Waals surface area contributed by atoms with Crippen molar-refractivity contribution in [3.8, 4) is 0 Å². The van der Waals surface area contributed by atoms with Gasteiger partial charge in [-0.2, -0.15) is 0 Å². The van der Waals surface area contributed by atoms with Gasteiger partial charge in [-0.15, -0.1) is 0 Å². The maximum absolute atomic E-state index is 12.5. The van der Waals surface area contributed by atoms with E-state index in [4.69, 9.17) is 4.74 Å². The molecule has 1 N–H and O–H groups in total. The standard InChI is InChI=1S/C19H28N2O2/c1-19(2,3)23-18(22)21-12-6-7-14-10-11-16(13-17(14)21)20-15-8-4-5-9-15/h10-11,13,15,20H,4-9,12H2,1-3H3. The van der Waals surface area contributed by atoms with E-state index in [0.29, 0.717) is 6.04 Å². The molecular weight excluding hydrogens is 288 g/mol. The number of carbonyl (C=O) groups is 1. The van der Waals surface area contributed by atoms with Gasteiger partial charge in [0.15, 0.2) is 0 Å². The summed E-state index contributed by atoms with van der Waals surface area (Å²) in [6.07, 6.45) is 6.88. The molecule has 2 aliphatic rings. The predicted molar refractivity (Wildman–Crippen MR) is 94.2 cm³/mol. The molecule has 1 aromatic carbocycles. The fraction of sp³-hybridized carbons (Fsp3) is 0.632. The third-order valence-corrected chi connectivity index (χ3v) is 4.54. The second-order valence-corrected chi connectivity index (χ2v) is 7.70. The topological polar surface area (TPSA) is 41.6 Å². The van der Waals surface area contributed by atoms with Crippen molar-refractivity contribution in [1.82, 2.24) is 0 Å². The first-order chi connectivity index (χ1) is 10.9. The molecular formula is C19H28N2O2. The molecule has 0 unspecified atom stereocenters. The van der Waals surface area contributed by atoms with E-state index >= 15 is 0 Å². The summed E-state index contributed by atoms with van der Waals surface area (Å²) in [5, 5.41) is 3.62. The van der Waals surface area contributed by atoms with Gasteiger partial charge in [-0.1, -0.05) is 18.9 Å². The van der Waals surface area contributed by atoms with Gasteiger partial charge in [-0.25, -0.2) is 4.79 Å². The molecule has 23 heavy (non-hydrogen) atoms. The summed E-state index contributed by atoms with van der Waals surface area (Å²) in [4.78, 5) is 14.3. The van der Waals surface area contributed by atoms with Crippen LogP contribution in [0.2, 0.25) is 0 Å². The van der Waals surface area contributed by atoms with E-state index in [9.17, 15) is 4.79 Å². The van der Waals surface area contributed by atoms with Gasteiger partial charge in [0.05, 0.1) is 5.69 Å². The number of fused-ring (bicyclic) bond motifs is 1. The fourth-order valence-electron chi connectivity index (χ4n) is 3.48. The molecule has 0 atom stereocenters. The zero-order valence-electron chi connectivity index (χ0n) is 14.5. The lowest BCUT2D eigenvalue weighted by atomic mass is 10.0. The molecule has 1 fully saturated rings. The minimum atomic E-state index is -0.464. The summed E-state index contributed by atoms with van der Waals surface area (Å²) >= 11 is 0. The highest BCUT2D eigenvalue weighted by atomic mass is 16.6. The zero-order chi connectivity index (χ0) is 16.4. The Kier molecular flexibility index (Phi) is 4.51. The third-order valence-electron chi connectivity index (χ3n) is 4.54. The molecule has 126 valence electrons. The second-order valence-electron chi connectivity index (χ2n) is 7.70. The van der Waals surface area contributed by atoms with Crippen molar-refractivity contribution >= 4 is 17.5 Å². The number of benzene rings is 1. The monoisotopic (exact) mass is 316 g/mol. The molecule has 1 saturated carbocycles. The summed E-state index contributed by atoms with van der Waals surface area (Å²) in [7, 11) is 0. The molecule has 1 aromatic rings. The van der Waals surface area contributed by atoms with Crippen molar-refractivity contribution in [2.45, 2.75) is 70.9 Å². The Balaban J connectivity index is 1.79. The van der Waals surface area contributed by atoms with Crippen LogP contribution in [0.3, 0.4) is 0 Å². The van der Waals surface area contributed by atoms with E-state index in [1.165, 1.54) is 31.2 Å². The lowest BCUT2D eigenvalue weighted by molar-refractivity contribution is 0.0578. The number of anilines is 2. The molecule has 1 aliphatic carbocycles. The van der Waals surface area contributed by atoms with Crippen LogP contribution in [0.4, 0.5) is 16.2 Å². The normalized spacial score (nSPS) is 18.7. The van der Waals surface area contributed by atoms with Crippen molar-refractivity contribution in [1.29, 1.82) is 0 Å². The molecule has 0 spiro atoms. The Morgan fingerprint density at radius 1 is 1.22 bits per heavy atom. The van der Waals surface area contributed by atoms with Gasteiger partial charge in [0.25, 0.3) is 0 Å². The van der Waals surface area contributed by atoms with E-state index in [1.807, 2.05) is 20.8 Å². The van der Waals surface area contributed by atoms with E-state index < -0.39 is 5.60 Å². The number of ether oxygens (including phenoxy) is 1. The highest BCUT2D eigenvalue weighted by Gasteiger charge is 2.27. The molecule has 0 aromatic heterocycles. The average Bonchev–Trinajstić information content (AvgIpc) is 2.97. The molecule has 1 amide bonds. The van der Waals surface area contributed by atoms with Gasteiger partial charge in [0, 0.05) is 18.3 Å². The lowest BCUT2D eigenvalue weighted by Gasteiger charge is -2.32. The van der Waals surface area contributed by atoms with Crippen molar-refractivity contribution in [3.05, 3.63) is 23.8 Å². The molecule has 0 bridgehead atoms. The Morgan fingerprint density at radius 3 is 2.65 bits per heavy atom. The number of nitrogens with one attached hydrogen (secondary N) is 1. The van der Waals surface area contributed by atoms with Crippen LogP contribution in [0.5, 0.6) is 0 Å². The lowest BCUT2D eigenvalue weighted by Crippen LogP contribution is -2.39. The van der Waals surface area contributed by atoms with E-state index in [0.717, 1.165) is 30.8 Å². The number of nitrogens with zero attached hydrogens (tertiary/aromatic N) is 1. The van der Waals surface area contributed by atoms with E-state index in [-0.39, 0.29) is 6.09 Å². The first kappa shape index (κ1) is 16.2. The molecule has 0 saturated heterocycles. The number of amides is 1. The summed E-state index contributed by atoms with van der Waals surface area (Å²) in [6, 6.07) is 7.00. The van der Waals surface area contributed by atoms with E-state index in [1.54, 1.807) is 4.90 Å². The van der Waals surface area contributed by atoms with Crippen molar-refractivity contribution in [3.63, 3.8) is 0 Å². The quantitative estimate of drug-likeness (QED) is 0.857. The zero-order valence-corrected chi connectivity index (χ0v) is 14.5.